The number of para-hydroxylation sites is 1. The highest BCUT2D eigenvalue weighted by Crippen LogP contribution is 2.08. The molecule has 1 aromatic carbocycles. The summed E-state index contributed by atoms with van der Waals surface area (Å²) in [7, 11) is 0. The predicted molar refractivity (Wildman–Crippen MR) is 62.5 cm³/mol. The fourth-order valence-electron chi connectivity index (χ4n) is 1.24. The maximum Gasteiger partial charge on any atom is 0.119 e. The Labute approximate surface area is 95.9 Å². The van der Waals surface area contributed by atoms with Crippen molar-refractivity contribution in [1.82, 2.24) is 5.32 Å². The van der Waals surface area contributed by atoms with Crippen molar-refractivity contribution in [1.29, 1.82) is 0 Å². The molecule has 0 fully saturated rings. The van der Waals surface area contributed by atoms with Crippen molar-refractivity contribution in [2.45, 2.75) is 12.5 Å². The summed E-state index contributed by atoms with van der Waals surface area (Å²) in [5.74, 6) is 0.761. The van der Waals surface area contributed by atoms with Gasteiger partial charge in [-0.2, -0.15) is 0 Å². The summed E-state index contributed by atoms with van der Waals surface area (Å²) in [6.07, 6.45) is 0.172. The number of nitrogens with one attached hydrogen (secondary N) is 1. The smallest absolute Gasteiger partial charge is 0.119 e. The molecule has 0 aliphatic carbocycles. The Morgan fingerprint density at radius 3 is 2.69 bits per heavy atom. The predicted octanol–water partition coefficient (Wildman–Crippen LogP) is 0.398. The SMILES string of the molecule is OCCCNCC(O)COc1ccccc1. The van der Waals surface area contributed by atoms with Gasteiger partial charge in [-0.15, -0.1) is 0 Å². The van der Waals surface area contributed by atoms with E-state index in [9.17, 15) is 5.11 Å². The molecule has 4 nitrogen and oxygen atoms in total. The first-order chi connectivity index (χ1) is 7.83. The molecule has 0 aliphatic heterocycles. The van der Waals surface area contributed by atoms with Gasteiger partial charge in [0.2, 0.25) is 0 Å². The monoisotopic (exact) mass is 225 g/mol. The number of benzene rings is 1. The van der Waals surface area contributed by atoms with Crippen LogP contribution in [0.15, 0.2) is 30.3 Å². The minimum Gasteiger partial charge on any atom is -0.491 e. The Morgan fingerprint density at radius 2 is 2.00 bits per heavy atom. The highest BCUT2D eigenvalue weighted by atomic mass is 16.5. The number of aliphatic hydroxyl groups is 2. The molecule has 90 valence electrons. The second kappa shape index (κ2) is 8.10. The van der Waals surface area contributed by atoms with E-state index in [1.807, 2.05) is 30.3 Å². The van der Waals surface area contributed by atoms with Crippen LogP contribution in [0.4, 0.5) is 0 Å². The highest BCUT2D eigenvalue weighted by molar-refractivity contribution is 5.20. The van der Waals surface area contributed by atoms with Crippen molar-refractivity contribution in [2.24, 2.45) is 0 Å². The average Bonchev–Trinajstić information content (AvgIpc) is 2.33. The summed E-state index contributed by atoms with van der Waals surface area (Å²) in [5, 5.41) is 21.1. The summed E-state index contributed by atoms with van der Waals surface area (Å²) in [6, 6.07) is 9.40. The van der Waals surface area contributed by atoms with Crippen molar-refractivity contribution < 1.29 is 14.9 Å². The fraction of sp³-hybridized carbons (Fsp3) is 0.500. The zero-order chi connectivity index (χ0) is 11.6. The van der Waals surface area contributed by atoms with Crippen molar-refractivity contribution in [2.75, 3.05) is 26.3 Å². The molecule has 0 saturated carbocycles. The molecule has 1 aromatic rings. The lowest BCUT2D eigenvalue weighted by Crippen LogP contribution is -2.32. The van der Waals surface area contributed by atoms with E-state index in [4.69, 9.17) is 9.84 Å². The van der Waals surface area contributed by atoms with Gasteiger partial charge in [-0.25, -0.2) is 0 Å². The summed E-state index contributed by atoms with van der Waals surface area (Å²) in [6.45, 7) is 1.63. The first-order valence-corrected chi connectivity index (χ1v) is 5.50. The zero-order valence-electron chi connectivity index (χ0n) is 9.30. The van der Waals surface area contributed by atoms with E-state index in [1.165, 1.54) is 0 Å². The Kier molecular flexibility index (Phi) is 6.56. The molecule has 0 heterocycles. The van der Waals surface area contributed by atoms with Gasteiger partial charge in [-0.3, -0.25) is 0 Å². The molecule has 0 aromatic heterocycles. The Morgan fingerprint density at radius 1 is 1.25 bits per heavy atom. The van der Waals surface area contributed by atoms with E-state index in [2.05, 4.69) is 5.32 Å². The lowest BCUT2D eigenvalue weighted by Gasteiger charge is -2.12. The van der Waals surface area contributed by atoms with Gasteiger partial charge in [0.25, 0.3) is 0 Å². The zero-order valence-corrected chi connectivity index (χ0v) is 9.30. The van der Waals surface area contributed by atoms with Gasteiger partial charge < -0.3 is 20.3 Å². The van der Waals surface area contributed by atoms with Crippen LogP contribution in [0.25, 0.3) is 0 Å². The van der Waals surface area contributed by atoms with Crippen molar-refractivity contribution in [3.8, 4) is 5.75 Å². The van der Waals surface area contributed by atoms with Gasteiger partial charge in [0.15, 0.2) is 0 Å². The van der Waals surface area contributed by atoms with E-state index in [1.54, 1.807) is 0 Å². The molecule has 0 aliphatic rings. The maximum absolute atomic E-state index is 9.56. The Hall–Kier alpha value is -1.10. The van der Waals surface area contributed by atoms with Crippen LogP contribution in [-0.4, -0.2) is 42.6 Å². The summed E-state index contributed by atoms with van der Waals surface area (Å²) < 4.78 is 5.39. The van der Waals surface area contributed by atoms with Gasteiger partial charge in [0.05, 0.1) is 0 Å². The van der Waals surface area contributed by atoms with E-state index in [0.29, 0.717) is 19.5 Å². The topological polar surface area (TPSA) is 61.7 Å². The average molecular weight is 225 g/mol. The molecular weight excluding hydrogens is 206 g/mol. The molecule has 16 heavy (non-hydrogen) atoms. The molecule has 0 radical (unpaired) electrons. The number of hydrogen-bond acceptors (Lipinski definition) is 4. The van der Waals surface area contributed by atoms with Crippen LogP contribution in [0.2, 0.25) is 0 Å². The van der Waals surface area contributed by atoms with Crippen molar-refractivity contribution in [3.63, 3.8) is 0 Å². The molecule has 3 N–H and O–H groups in total. The number of rotatable bonds is 8. The lowest BCUT2D eigenvalue weighted by atomic mass is 10.3. The third kappa shape index (κ3) is 5.70. The van der Waals surface area contributed by atoms with Crippen LogP contribution in [0.1, 0.15) is 6.42 Å². The standard InChI is InChI=1S/C12H19NO3/c14-8-4-7-13-9-11(15)10-16-12-5-2-1-3-6-12/h1-3,5-6,11,13-15H,4,7-10H2. The minimum atomic E-state index is -0.529. The van der Waals surface area contributed by atoms with Crippen LogP contribution < -0.4 is 10.1 Å². The molecule has 0 bridgehead atoms. The highest BCUT2D eigenvalue weighted by Gasteiger charge is 2.03. The minimum absolute atomic E-state index is 0.170. The van der Waals surface area contributed by atoms with Crippen LogP contribution in [-0.2, 0) is 0 Å². The molecule has 0 saturated heterocycles. The largest absolute Gasteiger partial charge is 0.491 e. The third-order valence-corrected chi connectivity index (χ3v) is 2.08. The molecule has 1 rings (SSSR count). The fourth-order valence-corrected chi connectivity index (χ4v) is 1.24. The van der Waals surface area contributed by atoms with Crippen LogP contribution >= 0.6 is 0 Å². The van der Waals surface area contributed by atoms with Gasteiger partial charge >= 0.3 is 0 Å². The third-order valence-electron chi connectivity index (χ3n) is 2.08. The van der Waals surface area contributed by atoms with E-state index in [-0.39, 0.29) is 13.2 Å². The molecule has 1 atom stereocenters. The molecule has 0 spiro atoms. The number of ether oxygens (including phenoxy) is 1. The molecular formula is C12H19NO3. The number of aliphatic hydroxyl groups excluding tert-OH is 2. The van der Waals surface area contributed by atoms with Gasteiger partial charge in [0, 0.05) is 13.2 Å². The van der Waals surface area contributed by atoms with Gasteiger partial charge in [-0.1, -0.05) is 18.2 Å². The summed E-state index contributed by atoms with van der Waals surface area (Å²) >= 11 is 0. The maximum atomic E-state index is 9.56. The summed E-state index contributed by atoms with van der Waals surface area (Å²) in [4.78, 5) is 0. The quantitative estimate of drug-likeness (QED) is 0.560. The molecule has 4 heteroatoms. The van der Waals surface area contributed by atoms with E-state index in [0.717, 1.165) is 5.75 Å². The second-order valence-corrected chi connectivity index (χ2v) is 3.56. The molecule has 1 unspecified atom stereocenters. The first-order valence-electron chi connectivity index (χ1n) is 5.50. The van der Waals surface area contributed by atoms with Crippen molar-refractivity contribution in [3.05, 3.63) is 30.3 Å². The van der Waals surface area contributed by atoms with Crippen molar-refractivity contribution >= 4 is 0 Å². The van der Waals surface area contributed by atoms with Gasteiger partial charge in [0.1, 0.15) is 18.5 Å². The normalized spacial score (nSPS) is 12.4. The van der Waals surface area contributed by atoms with E-state index >= 15 is 0 Å². The molecule has 0 amide bonds. The Balaban J connectivity index is 2.08. The van der Waals surface area contributed by atoms with Crippen LogP contribution in [0.3, 0.4) is 0 Å². The van der Waals surface area contributed by atoms with Crippen LogP contribution in [0.5, 0.6) is 5.75 Å². The van der Waals surface area contributed by atoms with Crippen LogP contribution in [0, 0.1) is 0 Å². The van der Waals surface area contributed by atoms with Gasteiger partial charge in [-0.05, 0) is 25.1 Å². The second-order valence-electron chi connectivity index (χ2n) is 3.56. The first kappa shape index (κ1) is 13.0. The number of hydrogen-bond donors (Lipinski definition) is 3. The lowest BCUT2D eigenvalue weighted by molar-refractivity contribution is 0.106. The summed E-state index contributed by atoms with van der Waals surface area (Å²) in [5.41, 5.74) is 0. The Bertz CT molecular complexity index is 266. The van der Waals surface area contributed by atoms with E-state index < -0.39 is 6.10 Å².